The number of para-hydroxylation sites is 5. The van der Waals surface area contributed by atoms with E-state index in [2.05, 4.69) is 128 Å². The summed E-state index contributed by atoms with van der Waals surface area (Å²) in [5.41, 5.74) is 9.63. The van der Waals surface area contributed by atoms with Crippen LogP contribution in [0.1, 0.15) is 5.56 Å². The Kier molecular flexibility index (Phi) is 5.64. The lowest BCUT2D eigenvalue weighted by Crippen LogP contribution is -2.06. The van der Waals surface area contributed by atoms with Gasteiger partial charge < -0.3 is 13.7 Å². The number of hydrogen-bond acceptors (Lipinski definition) is 1. The molecule has 226 valence electrons. The molecule has 3 aromatic heterocycles. The van der Waals surface area contributed by atoms with Crippen molar-refractivity contribution < 1.29 is 0 Å². The largest absolute Gasteiger partial charge is 0.317 e. The van der Waals surface area contributed by atoms with E-state index in [4.69, 9.17) is 6.57 Å². The van der Waals surface area contributed by atoms with Crippen LogP contribution in [-0.2, 0) is 0 Å². The highest BCUT2D eigenvalue weighted by atomic mass is 15.1. The molecule has 0 amide bonds. The maximum absolute atomic E-state index is 10.7. The zero-order valence-corrected chi connectivity index (χ0v) is 26.2. The molecule has 5 heteroatoms. The van der Waals surface area contributed by atoms with Crippen LogP contribution in [0.5, 0.6) is 0 Å². The lowest BCUT2D eigenvalue weighted by molar-refractivity contribution is 1.09. The van der Waals surface area contributed by atoms with E-state index < -0.39 is 0 Å². The Bertz CT molecular complexity index is 3020. The lowest BCUT2D eigenvalue weighted by atomic mass is 10.1. The van der Waals surface area contributed by atoms with Crippen LogP contribution in [-0.4, -0.2) is 13.7 Å². The van der Waals surface area contributed by atoms with Crippen LogP contribution >= 0.6 is 0 Å². The SMILES string of the molecule is [C-]#[N+]c1ccc(C#N)c(-n2c3ccccc3c3ccccc32)c1-n1c2ccccc2c2cc3c(cc21)c1ccccc1n3-c1ccccc1. The quantitative estimate of drug-likeness (QED) is 0.181. The molecule has 5 nitrogen and oxygen atoms in total. The van der Waals surface area contributed by atoms with Gasteiger partial charge in [0.15, 0.2) is 0 Å². The third-order valence-electron chi connectivity index (χ3n) is 9.88. The maximum atomic E-state index is 10.7. The molecule has 0 fully saturated rings. The van der Waals surface area contributed by atoms with Gasteiger partial charge in [-0.3, -0.25) is 0 Å². The first kappa shape index (κ1) is 27.1. The highest BCUT2D eigenvalue weighted by Crippen LogP contribution is 2.45. The molecule has 49 heavy (non-hydrogen) atoms. The number of nitrogens with zero attached hydrogens (tertiary/aromatic N) is 5. The number of rotatable bonds is 3. The third-order valence-corrected chi connectivity index (χ3v) is 9.88. The molecule has 0 bridgehead atoms. The fourth-order valence-corrected chi connectivity index (χ4v) is 7.89. The second-order valence-electron chi connectivity index (χ2n) is 12.3. The second kappa shape index (κ2) is 10.2. The van der Waals surface area contributed by atoms with Crippen LogP contribution in [0, 0.1) is 17.9 Å². The molecule has 0 spiro atoms. The van der Waals surface area contributed by atoms with E-state index in [9.17, 15) is 5.26 Å². The van der Waals surface area contributed by atoms with Crippen molar-refractivity contribution in [3.63, 3.8) is 0 Å². The predicted molar refractivity (Wildman–Crippen MR) is 200 cm³/mol. The molecule has 0 aliphatic rings. The number of aromatic nitrogens is 3. The standard InChI is InChI=1S/C44H25N5/c1-46-36-24-23-28(27-45)43(48-38-20-10-5-15-30(38)31-16-6-11-21-39(31)48)44(36)49-40-22-12-8-18-33(40)35-25-41-34(26-42(35)49)32-17-7-9-19-37(32)47(41)29-13-3-2-4-14-29/h2-26H. The normalized spacial score (nSPS) is 11.6. The highest BCUT2D eigenvalue weighted by Gasteiger charge is 2.25. The van der Waals surface area contributed by atoms with Gasteiger partial charge in [0.25, 0.3) is 0 Å². The van der Waals surface area contributed by atoms with Crippen molar-refractivity contribution in [2.24, 2.45) is 0 Å². The molecular formula is C44H25N5. The van der Waals surface area contributed by atoms with Crippen molar-refractivity contribution in [1.29, 1.82) is 5.26 Å². The van der Waals surface area contributed by atoms with Gasteiger partial charge in [0.05, 0.1) is 56.6 Å². The van der Waals surface area contributed by atoms with Crippen LogP contribution in [0.2, 0.25) is 0 Å². The van der Waals surface area contributed by atoms with Crippen LogP contribution < -0.4 is 0 Å². The van der Waals surface area contributed by atoms with Gasteiger partial charge in [-0.05, 0) is 48.5 Å². The third kappa shape index (κ3) is 3.67. The molecule has 0 radical (unpaired) electrons. The van der Waals surface area contributed by atoms with E-state index in [0.717, 1.165) is 71.1 Å². The second-order valence-corrected chi connectivity index (χ2v) is 12.3. The molecule has 10 aromatic rings. The van der Waals surface area contributed by atoms with Crippen molar-refractivity contribution in [3.8, 4) is 23.1 Å². The van der Waals surface area contributed by atoms with Gasteiger partial charge in [0, 0.05) is 38.0 Å². The summed E-state index contributed by atoms with van der Waals surface area (Å²) in [4.78, 5) is 4.10. The van der Waals surface area contributed by atoms with Crippen LogP contribution in [0.3, 0.4) is 0 Å². The summed E-state index contributed by atoms with van der Waals surface area (Å²) in [6.45, 7) is 8.43. The van der Waals surface area contributed by atoms with Gasteiger partial charge in [-0.15, -0.1) is 0 Å². The molecule has 3 heterocycles. The van der Waals surface area contributed by atoms with Gasteiger partial charge in [-0.2, -0.15) is 5.26 Å². The summed E-state index contributed by atoms with van der Waals surface area (Å²) in [5.74, 6) is 0. The van der Waals surface area contributed by atoms with Crippen LogP contribution in [0.4, 0.5) is 5.69 Å². The van der Waals surface area contributed by atoms with E-state index in [-0.39, 0.29) is 0 Å². The molecule has 0 unspecified atom stereocenters. The minimum Gasteiger partial charge on any atom is -0.317 e. The zero-order chi connectivity index (χ0) is 32.6. The molecule has 0 aliphatic heterocycles. The van der Waals surface area contributed by atoms with Crippen molar-refractivity contribution >= 4 is 71.1 Å². The summed E-state index contributed by atoms with van der Waals surface area (Å²) in [6.07, 6.45) is 0. The van der Waals surface area contributed by atoms with Gasteiger partial charge in [-0.1, -0.05) is 103 Å². The summed E-state index contributed by atoms with van der Waals surface area (Å²) < 4.78 is 6.72. The van der Waals surface area contributed by atoms with Crippen molar-refractivity contribution in [2.45, 2.75) is 0 Å². The van der Waals surface area contributed by atoms with Gasteiger partial charge in [-0.25, -0.2) is 4.85 Å². The van der Waals surface area contributed by atoms with Crippen LogP contribution in [0.25, 0.3) is 87.3 Å². The fourth-order valence-electron chi connectivity index (χ4n) is 7.89. The monoisotopic (exact) mass is 623 g/mol. The lowest BCUT2D eigenvalue weighted by Gasteiger charge is -2.19. The minimum atomic E-state index is 0.477. The first-order valence-corrected chi connectivity index (χ1v) is 16.2. The first-order chi connectivity index (χ1) is 24.3. The minimum absolute atomic E-state index is 0.477. The number of hydrogen-bond donors (Lipinski definition) is 0. The van der Waals surface area contributed by atoms with Crippen molar-refractivity contribution in [2.75, 3.05) is 0 Å². The first-order valence-electron chi connectivity index (χ1n) is 16.2. The predicted octanol–water partition coefficient (Wildman–Crippen LogP) is 11.4. The summed E-state index contributed by atoms with van der Waals surface area (Å²) >= 11 is 0. The molecule has 10 rings (SSSR count). The number of fused-ring (bicyclic) bond motifs is 9. The molecule has 0 aliphatic carbocycles. The average molecular weight is 624 g/mol. The molecular weight excluding hydrogens is 599 g/mol. The Morgan fingerprint density at radius 2 is 0.857 bits per heavy atom. The highest BCUT2D eigenvalue weighted by molar-refractivity contribution is 6.19. The summed E-state index contributed by atoms with van der Waals surface area (Å²) in [7, 11) is 0. The number of nitriles is 1. The molecule has 7 aromatic carbocycles. The van der Waals surface area contributed by atoms with E-state index >= 15 is 0 Å². The fraction of sp³-hybridized carbons (Fsp3) is 0. The Morgan fingerprint density at radius 3 is 1.37 bits per heavy atom. The van der Waals surface area contributed by atoms with E-state index in [0.29, 0.717) is 22.6 Å². The number of benzene rings is 7. The van der Waals surface area contributed by atoms with E-state index in [1.807, 2.05) is 36.4 Å². The van der Waals surface area contributed by atoms with E-state index in [1.54, 1.807) is 12.1 Å². The smallest absolute Gasteiger partial charge is 0.212 e. The molecule has 0 atom stereocenters. The summed E-state index contributed by atoms with van der Waals surface area (Å²) in [6, 6.07) is 54.6. The van der Waals surface area contributed by atoms with Crippen LogP contribution in [0.15, 0.2) is 152 Å². The summed E-state index contributed by atoms with van der Waals surface area (Å²) in [5, 5.41) is 17.3. The molecule has 0 N–H and O–H groups in total. The van der Waals surface area contributed by atoms with Crippen molar-refractivity contribution in [3.05, 3.63) is 169 Å². The Balaban J connectivity index is 1.42. The Labute approximate surface area is 281 Å². The van der Waals surface area contributed by atoms with Gasteiger partial charge in [0.1, 0.15) is 6.07 Å². The zero-order valence-electron chi connectivity index (χ0n) is 26.2. The van der Waals surface area contributed by atoms with Crippen molar-refractivity contribution in [1.82, 2.24) is 13.7 Å². The van der Waals surface area contributed by atoms with Gasteiger partial charge in [0.2, 0.25) is 5.69 Å². The van der Waals surface area contributed by atoms with E-state index in [1.165, 1.54) is 0 Å². The topological polar surface area (TPSA) is 42.9 Å². The maximum Gasteiger partial charge on any atom is 0.212 e. The average Bonchev–Trinajstić information content (AvgIpc) is 3.79. The Hall–Kier alpha value is -7.08. The molecule has 0 saturated heterocycles. The van der Waals surface area contributed by atoms with Gasteiger partial charge >= 0.3 is 0 Å². The Morgan fingerprint density at radius 1 is 0.429 bits per heavy atom. The molecule has 0 saturated carbocycles.